The molecular formula is C13H16BrN3S. The quantitative estimate of drug-likeness (QED) is 0.935. The van der Waals surface area contributed by atoms with Gasteiger partial charge in [-0.2, -0.15) is 21.5 Å². The van der Waals surface area contributed by atoms with E-state index >= 15 is 0 Å². The van der Waals surface area contributed by atoms with Crippen LogP contribution in [0.5, 0.6) is 0 Å². The lowest BCUT2D eigenvalue weighted by Gasteiger charge is -2.19. The topological polar surface area (TPSA) is 37.8 Å². The number of thiophene rings is 1. The molecule has 0 spiro atoms. The summed E-state index contributed by atoms with van der Waals surface area (Å²) in [4.78, 5) is 0. The molecule has 1 N–H and O–H groups in total. The van der Waals surface area contributed by atoms with Crippen LogP contribution >= 0.6 is 27.3 Å². The number of nitrogens with one attached hydrogen (secondary N) is 1. The molecule has 96 valence electrons. The van der Waals surface area contributed by atoms with Crippen LogP contribution in [0.4, 0.5) is 0 Å². The van der Waals surface area contributed by atoms with Crippen molar-refractivity contribution in [2.24, 2.45) is 0 Å². The number of hydrogen-bond donors (Lipinski definition) is 1. The van der Waals surface area contributed by atoms with E-state index in [1.54, 1.807) is 11.3 Å². The van der Waals surface area contributed by atoms with Crippen molar-refractivity contribution in [3.8, 4) is 0 Å². The number of aryl methyl sites for hydroxylation is 2. The summed E-state index contributed by atoms with van der Waals surface area (Å²) in [6.45, 7) is 4.09. The molecule has 0 aromatic carbocycles. The fraction of sp³-hybridized carbons (Fsp3) is 0.385. The third-order valence-corrected chi connectivity index (χ3v) is 4.67. The summed E-state index contributed by atoms with van der Waals surface area (Å²) < 4.78 is 1.14. The molecule has 2 rings (SSSR count). The van der Waals surface area contributed by atoms with Crippen LogP contribution in [0.25, 0.3) is 0 Å². The van der Waals surface area contributed by atoms with Gasteiger partial charge in [-0.25, -0.2) is 0 Å². The van der Waals surface area contributed by atoms with Crippen molar-refractivity contribution in [2.75, 3.05) is 7.05 Å². The van der Waals surface area contributed by atoms with E-state index < -0.39 is 0 Å². The average molecular weight is 326 g/mol. The zero-order valence-electron chi connectivity index (χ0n) is 10.7. The van der Waals surface area contributed by atoms with Crippen molar-refractivity contribution >= 4 is 27.3 Å². The summed E-state index contributed by atoms with van der Waals surface area (Å²) in [7, 11) is 1.98. The van der Waals surface area contributed by atoms with Crippen molar-refractivity contribution in [1.29, 1.82) is 0 Å². The summed E-state index contributed by atoms with van der Waals surface area (Å²) in [5.74, 6) is 0. The first-order valence-electron chi connectivity index (χ1n) is 5.89. The van der Waals surface area contributed by atoms with Gasteiger partial charge in [-0.3, -0.25) is 0 Å². The van der Waals surface area contributed by atoms with Gasteiger partial charge in [0.1, 0.15) is 0 Å². The molecule has 0 aliphatic rings. The Hall–Kier alpha value is -0.780. The molecule has 0 fully saturated rings. The van der Waals surface area contributed by atoms with Crippen LogP contribution in [0.3, 0.4) is 0 Å². The molecular weight excluding hydrogens is 310 g/mol. The van der Waals surface area contributed by atoms with E-state index in [2.05, 4.69) is 55.2 Å². The second kappa shape index (κ2) is 5.91. The van der Waals surface area contributed by atoms with Crippen molar-refractivity contribution in [2.45, 2.75) is 26.3 Å². The Morgan fingerprint density at radius 3 is 2.67 bits per heavy atom. The maximum atomic E-state index is 4.30. The smallest absolute Gasteiger partial charge is 0.0679 e. The van der Waals surface area contributed by atoms with E-state index in [1.807, 2.05) is 14.0 Å². The Balaban J connectivity index is 2.51. The highest BCUT2D eigenvalue weighted by Gasteiger charge is 2.19. The van der Waals surface area contributed by atoms with Crippen LogP contribution < -0.4 is 5.32 Å². The van der Waals surface area contributed by atoms with Gasteiger partial charge in [-0.15, -0.1) is 0 Å². The Morgan fingerprint density at radius 2 is 2.11 bits per heavy atom. The first-order chi connectivity index (χ1) is 8.67. The lowest BCUT2D eigenvalue weighted by molar-refractivity contribution is 0.669. The fourth-order valence-corrected chi connectivity index (χ4v) is 3.59. The lowest BCUT2D eigenvalue weighted by Crippen LogP contribution is -2.20. The van der Waals surface area contributed by atoms with Gasteiger partial charge >= 0.3 is 0 Å². The molecule has 3 nitrogen and oxygen atoms in total. The maximum Gasteiger partial charge on any atom is 0.0679 e. The second-order valence-electron chi connectivity index (χ2n) is 4.14. The molecule has 0 aliphatic heterocycles. The number of halogens is 1. The number of nitrogens with zero attached hydrogens (tertiary/aromatic N) is 2. The van der Waals surface area contributed by atoms with Crippen LogP contribution in [0.15, 0.2) is 21.3 Å². The largest absolute Gasteiger partial charge is 0.309 e. The summed E-state index contributed by atoms with van der Waals surface area (Å²) in [6.07, 6.45) is 0.891. The zero-order valence-corrected chi connectivity index (χ0v) is 13.1. The van der Waals surface area contributed by atoms with Gasteiger partial charge in [0.15, 0.2) is 0 Å². The monoisotopic (exact) mass is 325 g/mol. The van der Waals surface area contributed by atoms with E-state index in [1.165, 1.54) is 11.1 Å². The molecule has 0 saturated heterocycles. The molecule has 0 bridgehead atoms. The van der Waals surface area contributed by atoms with Gasteiger partial charge in [0, 0.05) is 9.85 Å². The van der Waals surface area contributed by atoms with Crippen LogP contribution in [0.2, 0.25) is 0 Å². The van der Waals surface area contributed by atoms with Crippen LogP contribution in [0, 0.1) is 6.92 Å². The van der Waals surface area contributed by atoms with Crippen molar-refractivity contribution in [3.05, 3.63) is 43.8 Å². The van der Waals surface area contributed by atoms with Gasteiger partial charge < -0.3 is 5.32 Å². The fourth-order valence-electron chi connectivity index (χ4n) is 2.03. The first-order valence-corrected chi connectivity index (χ1v) is 7.62. The molecule has 2 heterocycles. The molecule has 18 heavy (non-hydrogen) atoms. The van der Waals surface area contributed by atoms with E-state index in [0.29, 0.717) is 0 Å². The molecule has 0 amide bonds. The molecule has 5 heteroatoms. The molecule has 0 saturated carbocycles. The van der Waals surface area contributed by atoms with Crippen molar-refractivity contribution in [3.63, 3.8) is 0 Å². The highest BCUT2D eigenvalue weighted by Crippen LogP contribution is 2.32. The Labute approximate surface area is 120 Å². The second-order valence-corrected chi connectivity index (χ2v) is 5.74. The van der Waals surface area contributed by atoms with E-state index in [4.69, 9.17) is 0 Å². The third kappa shape index (κ3) is 2.63. The summed E-state index contributed by atoms with van der Waals surface area (Å²) in [5, 5.41) is 16.1. The lowest BCUT2D eigenvalue weighted by atomic mass is 9.98. The summed E-state index contributed by atoms with van der Waals surface area (Å²) in [6, 6.07) is 2.28. The Kier molecular flexibility index (Phi) is 4.48. The molecule has 2 aromatic heterocycles. The number of hydrogen-bond acceptors (Lipinski definition) is 4. The standard InChI is InChI=1S/C13H16BrN3S/c1-4-12-9(5-8(2)16-17-12)13(15-3)10-6-18-7-11(10)14/h5-7,13,15H,4H2,1-3H3. The number of aromatic nitrogens is 2. The Bertz CT molecular complexity index is 539. The molecule has 0 radical (unpaired) electrons. The predicted octanol–water partition coefficient (Wildman–Crippen LogP) is 3.48. The molecule has 1 unspecified atom stereocenters. The third-order valence-electron chi connectivity index (χ3n) is 2.91. The van der Waals surface area contributed by atoms with Gasteiger partial charge in [-0.05, 0) is 58.9 Å². The van der Waals surface area contributed by atoms with E-state index in [0.717, 1.165) is 22.3 Å². The minimum atomic E-state index is 0.162. The van der Waals surface area contributed by atoms with Crippen molar-refractivity contribution < 1.29 is 0 Å². The molecule has 0 aliphatic carbocycles. The van der Waals surface area contributed by atoms with Crippen LogP contribution in [-0.4, -0.2) is 17.2 Å². The number of rotatable bonds is 4. The van der Waals surface area contributed by atoms with Gasteiger partial charge in [0.2, 0.25) is 0 Å². The normalized spacial score (nSPS) is 12.7. The highest BCUT2D eigenvalue weighted by molar-refractivity contribution is 9.10. The minimum Gasteiger partial charge on any atom is -0.309 e. The van der Waals surface area contributed by atoms with Gasteiger partial charge in [0.05, 0.1) is 17.4 Å². The van der Waals surface area contributed by atoms with Crippen molar-refractivity contribution in [1.82, 2.24) is 15.5 Å². The molecule has 1 atom stereocenters. The SMILES string of the molecule is CCc1nnc(C)cc1C(NC)c1cscc1Br. The van der Waals surface area contributed by atoms with E-state index in [-0.39, 0.29) is 6.04 Å². The zero-order chi connectivity index (χ0) is 13.1. The minimum absolute atomic E-state index is 0.162. The average Bonchev–Trinajstić information content (AvgIpc) is 2.77. The molecule has 2 aromatic rings. The van der Waals surface area contributed by atoms with E-state index in [9.17, 15) is 0 Å². The maximum absolute atomic E-state index is 4.30. The van der Waals surface area contributed by atoms with Gasteiger partial charge in [0.25, 0.3) is 0 Å². The Morgan fingerprint density at radius 1 is 1.33 bits per heavy atom. The summed E-state index contributed by atoms with van der Waals surface area (Å²) in [5.41, 5.74) is 4.48. The summed E-state index contributed by atoms with van der Waals surface area (Å²) >= 11 is 5.30. The van der Waals surface area contributed by atoms with Crippen LogP contribution in [0.1, 0.15) is 35.5 Å². The highest BCUT2D eigenvalue weighted by atomic mass is 79.9. The predicted molar refractivity (Wildman–Crippen MR) is 79.1 cm³/mol. The first kappa shape index (κ1) is 13.6. The van der Waals surface area contributed by atoms with Gasteiger partial charge in [-0.1, -0.05) is 6.92 Å². The van der Waals surface area contributed by atoms with Crippen LogP contribution in [-0.2, 0) is 6.42 Å².